The van der Waals surface area contributed by atoms with Crippen LogP contribution in [-0.2, 0) is 17.8 Å². The fraction of sp³-hybridized carbons (Fsp3) is 0.421. The Labute approximate surface area is 147 Å². The third-order valence-electron chi connectivity index (χ3n) is 3.52. The first kappa shape index (κ1) is 18.2. The van der Waals surface area contributed by atoms with E-state index in [0.717, 1.165) is 27.7 Å². The van der Waals surface area contributed by atoms with Gasteiger partial charge >= 0.3 is 0 Å². The van der Waals surface area contributed by atoms with Gasteiger partial charge in [-0.2, -0.15) is 5.26 Å². The number of hydrogen-bond acceptors (Lipinski definition) is 4. The number of hydrogen-bond donors (Lipinski definition) is 0. The summed E-state index contributed by atoms with van der Waals surface area (Å²) in [4.78, 5) is 18.6. The molecule has 2 aromatic rings. The number of amides is 1. The highest BCUT2D eigenvalue weighted by atomic mass is 32.1. The highest BCUT2D eigenvalue weighted by Crippen LogP contribution is 2.33. The predicted molar refractivity (Wildman–Crippen MR) is 98.0 cm³/mol. The molecule has 0 saturated carbocycles. The van der Waals surface area contributed by atoms with E-state index >= 15 is 0 Å². The summed E-state index contributed by atoms with van der Waals surface area (Å²) in [6.07, 6.45) is 0.883. The van der Waals surface area contributed by atoms with E-state index in [4.69, 9.17) is 5.26 Å². The summed E-state index contributed by atoms with van der Waals surface area (Å²) in [5, 5.41) is 11.0. The number of carbonyl (C=O) groups is 1. The maximum atomic E-state index is 12.2. The maximum absolute atomic E-state index is 12.2. The van der Waals surface area contributed by atoms with Crippen molar-refractivity contribution in [2.24, 2.45) is 5.41 Å². The number of aryl methyl sites for hydroxylation is 1. The number of rotatable bonds is 4. The van der Waals surface area contributed by atoms with Crippen molar-refractivity contribution in [3.63, 3.8) is 0 Å². The summed E-state index contributed by atoms with van der Waals surface area (Å²) in [5.74, 6) is -0.0218. The first-order valence-electron chi connectivity index (χ1n) is 7.93. The van der Waals surface area contributed by atoms with E-state index in [9.17, 15) is 4.79 Å². The number of nitriles is 1. The molecule has 0 fully saturated rings. The molecule has 0 atom stereocenters. The van der Waals surface area contributed by atoms with E-state index in [-0.39, 0.29) is 11.3 Å². The first-order valence-corrected chi connectivity index (χ1v) is 8.75. The van der Waals surface area contributed by atoms with E-state index in [1.165, 1.54) is 0 Å². The quantitative estimate of drug-likeness (QED) is 0.824. The van der Waals surface area contributed by atoms with Crippen LogP contribution in [0.4, 0.5) is 5.00 Å². The van der Waals surface area contributed by atoms with Crippen LogP contribution in [0.1, 0.15) is 49.5 Å². The Morgan fingerprint density at radius 1 is 1.38 bits per heavy atom. The second-order valence-electron chi connectivity index (χ2n) is 7.15. The van der Waals surface area contributed by atoms with Crippen LogP contribution in [0.5, 0.6) is 0 Å². The molecule has 0 unspecified atom stereocenters. The van der Waals surface area contributed by atoms with Gasteiger partial charge in [-0.3, -0.25) is 9.69 Å². The van der Waals surface area contributed by atoms with Crippen molar-refractivity contribution in [3.8, 4) is 6.07 Å². The SMILES string of the molecule is CC(=O)N(Cc1cccc(C#N)c1)c1sc(CC(C)(C)C)nc1C. The zero-order valence-corrected chi connectivity index (χ0v) is 15.7. The van der Waals surface area contributed by atoms with Crippen LogP contribution >= 0.6 is 11.3 Å². The third-order valence-corrected chi connectivity index (χ3v) is 4.70. The number of anilines is 1. The number of nitrogens with zero attached hydrogens (tertiary/aromatic N) is 3. The summed E-state index contributed by atoms with van der Waals surface area (Å²) in [5.41, 5.74) is 2.58. The molecule has 1 amide bonds. The Morgan fingerprint density at radius 3 is 2.67 bits per heavy atom. The minimum absolute atomic E-state index is 0.0218. The van der Waals surface area contributed by atoms with Crippen LogP contribution in [0.3, 0.4) is 0 Å². The van der Waals surface area contributed by atoms with E-state index < -0.39 is 0 Å². The van der Waals surface area contributed by atoms with Gasteiger partial charge in [0.25, 0.3) is 0 Å². The lowest BCUT2D eigenvalue weighted by molar-refractivity contribution is -0.116. The van der Waals surface area contributed by atoms with Crippen molar-refractivity contribution in [1.82, 2.24) is 4.98 Å². The molecular weight excluding hydrogens is 318 g/mol. The zero-order valence-electron chi connectivity index (χ0n) is 14.9. The van der Waals surface area contributed by atoms with Crippen molar-refractivity contribution in [2.45, 2.75) is 47.6 Å². The molecule has 1 aromatic carbocycles. The molecule has 5 heteroatoms. The Balaban J connectivity index is 2.31. The fourth-order valence-electron chi connectivity index (χ4n) is 2.47. The molecule has 24 heavy (non-hydrogen) atoms. The average Bonchev–Trinajstić information content (AvgIpc) is 2.82. The van der Waals surface area contributed by atoms with Gasteiger partial charge in [0.2, 0.25) is 5.91 Å². The van der Waals surface area contributed by atoms with Crippen LogP contribution in [0.15, 0.2) is 24.3 Å². The third kappa shape index (κ3) is 4.65. The van der Waals surface area contributed by atoms with Gasteiger partial charge in [0.15, 0.2) is 0 Å². The Hall–Kier alpha value is -2.19. The molecule has 0 saturated heterocycles. The highest BCUT2D eigenvalue weighted by Gasteiger charge is 2.21. The van der Waals surface area contributed by atoms with Crippen LogP contribution in [0.25, 0.3) is 0 Å². The van der Waals surface area contributed by atoms with Crippen molar-refractivity contribution in [3.05, 3.63) is 46.1 Å². The molecule has 0 radical (unpaired) electrons. The topological polar surface area (TPSA) is 57.0 Å². The van der Waals surface area contributed by atoms with Crippen LogP contribution in [0.2, 0.25) is 0 Å². The normalized spacial score (nSPS) is 11.2. The van der Waals surface area contributed by atoms with Gasteiger partial charge in [0.05, 0.1) is 28.9 Å². The molecular formula is C19H23N3OS. The molecule has 0 aliphatic rings. The predicted octanol–water partition coefficient (Wildman–Crippen LogP) is 4.46. The maximum Gasteiger partial charge on any atom is 0.224 e. The minimum Gasteiger partial charge on any atom is -0.298 e. The second kappa shape index (κ2) is 7.14. The van der Waals surface area contributed by atoms with E-state index in [0.29, 0.717) is 12.1 Å². The van der Waals surface area contributed by atoms with E-state index in [1.54, 1.807) is 29.2 Å². The summed E-state index contributed by atoms with van der Waals surface area (Å²) in [6.45, 7) is 10.5. The standard InChI is InChI=1S/C19H23N3OS/c1-13-18(24-17(21-13)10-19(3,4)5)22(14(2)23)12-16-8-6-7-15(9-16)11-20/h6-9H,10,12H2,1-5H3. The smallest absolute Gasteiger partial charge is 0.224 e. The zero-order chi connectivity index (χ0) is 17.9. The summed E-state index contributed by atoms with van der Waals surface area (Å²) in [7, 11) is 0. The number of carbonyl (C=O) groups excluding carboxylic acids is 1. The molecule has 4 nitrogen and oxygen atoms in total. The summed E-state index contributed by atoms with van der Waals surface area (Å²) < 4.78 is 0. The van der Waals surface area contributed by atoms with Gasteiger partial charge in [-0.25, -0.2) is 4.98 Å². The van der Waals surface area contributed by atoms with Crippen LogP contribution in [-0.4, -0.2) is 10.9 Å². The van der Waals surface area contributed by atoms with Crippen molar-refractivity contribution in [2.75, 3.05) is 4.90 Å². The largest absolute Gasteiger partial charge is 0.298 e. The highest BCUT2D eigenvalue weighted by molar-refractivity contribution is 7.16. The van der Waals surface area contributed by atoms with Gasteiger partial charge in [0, 0.05) is 13.3 Å². The van der Waals surface area contributed by atoms with Crippen LogP contribution < -0.4 is 4.90 Å². The second-order valence-corrected chi connectivity index (χ2v) is 8.22. The molecule has 126 valence electrons. The van der Waals surface area contributed by atoms with Gasteiger partial charge in [0.1, 0.15) is 5.00 Å². The molecule has 0 aliphatic carbocycles. The fourth-order valence-corrected chi connectivity index (χ4v) is 3.88. The molecule has 0 aliphatic heterocycles. The molecule has 0 spiro atoms. The molecule has 2 rings (SSSR count). The van der Waals surface area contributed by atoms with E-state index in [2.05, 4.69) is 31.8 Å². The van der Waals surface area contributed by atoms with Crippen molar-refractivity contribution in [1.29, 1.82) is 5.26 Å². The summed E-state index contributed by atoms with van der Waals surface area (Å²) in [6, 6.07) is 9.50. The van der Waals surface area contributed by atoms with Crippen molar-refractivity contribution < 1.29 is 4.79 Å². The molecule has 0 bridgehead atoms. The number of thiazole rings is 1. The van der Waals surface area contributed by atoms with Gasteiger partial charge in [-0.15, -0.1) is 11.3 Å². The molecule has 1 aromatic heterocycles. The van der Waals surface area contributed by atoms with Crippen molar-refractivity contribution >= 4 is 22.2 Å². The lowest BCUT2D eigenvalue weighted by atomic mass is 9.93. The Kier molecular flexibility index (Phi) is 5.40. The van der Waals surface area contributed by atoms with E-state index in [1.807, 2.05) is 25.1 Å². The Morgan fingerprint density at radius 2 is 2.08 bits per heavy atom. The lowest BCUT2D eigenvalue weighted by Gasteiger charge is -2.20. The number of benzene rings is 1. The van der Waals surface area contributed by atoms with Gasteiger partial charge < -0.3 is 0 Å². The molecule has 0 N–H and O–H groups in total. The molecule has 1 heterocycles. The monoisotopic (exact) mass is 341 g/mol. The van der Waals surface area contributed by atoms with Crippen LogP contribution in [0, 0.1) is 23.7 Å². The summed E-state index contributed by atoms with van der Waals surface area (Å²) >= 11 is 1.58. The number of aromatic nitrogens is 1. The lowest BCUT2D eigenvalue weighted by Crippen LogP contribution is -2.27. The minimum atomic E-state index is -0.0218. The van der Waals surface area contributed by atoms with Gasteiger partial charge in [-0.05, 0) is 30.0 Å². The first-order chi connectivity index (χ1) is 11.2. The Bertz CT molecular complexity index is 781. The van der Waals surface area contributed by atoms with Gasteiger partial charge in [-0.1, -0.05) is 32.9 Å². The average molecular weight is 341 g/mol.